The van der Waals surface area contributed by atoms with E-state index in [9.17, 15) is 4.79 Å². The molecular weight excluding hydrogens is 226 g/mol. The number of rotatable bonds is 3. The third kappa shape index (κ3) is 1.87. The SMILES string of the molecule is COC(C)(C)C(=O)NC1C2(C)CCC(C2)C1(C)C. The van der Waals surface area contributed by atoms with E-state index >= 15 is 0 Å². The van der Waals surface area contributed by atoms with Gasteiger partial charge in [0, 0.05) is 13.2 Å². The number of methoxy groups -OCH3 is 1. The Balaban J connectivity index is 2.17. The minimum Gasteiger partial charge on any atom is -0.369 e. The quantitative estimate of drug-likeness (QED) is 0.840. The first-order valence-corrected chi connectivity index (χ1v) is 6.99. The Kier molecular flexibility index (Phi) is 3.05. The molecule has 2 rings (SSSR count). The summed E-state index contributed by atoms with van der Waals surface area (Å²) in [7, 11) is 1.59. The molecule has 0 aromatic heterocycles. The summed E-state index contributed by atoms with van der Waals surface area (Å²) in [6.07, 6.45) is 3.79. The van der Waals surface area contributed by atoms with Gasteiger partial charge in [0.25, 0.3) is 5.91 Å². The molecule has 0 radical (unpaired) electrons. The number of carbonyl (C=O) groups excluding carboxylic acids is 1. The number of nitrogens with one attached hydrogen (secondary N) is 1. The third-order valence-corrected chi connectivity index (χ3v) is 5.60. The van der Waals surface area contributed by atoms with Crippen LogP contribution in [-0.2, 0) is 9.53 Å². The van der Waals surface area contributed by atoms with E-state index < -0.39 is 5.60 Å². The van der Waals surface area contributed by atoms with Crippen LogP contribution >= 0.6 is 0 Å². The molecule has 3 nitrogen and oxygen atoms in total. The summed E-state index contributed by atoms with van der Waals surface area (Å²) < 4.78 is 5.28. The second-order valence-electron chi connectivity index (χ2n) is 7.54. The summed E-state index contributed by atoms with van der Waals surface area (Å²) >= 11 is 0. The predicted octanol–water partition coefficient (Wildman–Crippen LogP) is 2.74. The van der Waals surface area contributed by atoms with Crippen molar-refractivity contribution in [1.29, 1.82) is 0 Å². The van der Waals surface area contributed by atoms with Gasteiger partial charge in [-0.2, -0.15) is 0 Å². The maximum absolute atomic E-state index is 12.3. The van der Waals surface area contributed by atoms with Crippen molar-refractivity contribution >= 4 is 5.91 Å². The standard InChI is InChI=1S/C15H27NO2/c1-13(2)10-7-8-15(5,9-10)11(13)16-12(17)14(3,4)18-6/h10-11H,7-9H2,1-6H3,(H,16,17). The summed E-state index contributed by atoms with van der Waals surface area (Å²) in [6.45, 7) is 10.6. The fourth-order valence-electron chi connectivity index (χ4n) is 4.06. The van der Waals surface area contributed by atoms with Crippen molar-refractivity contribution in [1.82, 2.24) is 5.32 Å². The highest BCUT2D eigenvalue weighted by Crippen LogP contribution is 2.62. The number of amides is 1. The largest absolute Gasteiger partial charge is 0.369 e. The fraction of sp³-hybridized carbons (Fsp3) is 0.933. The van der Waals surface area contributed by atoms with Crippen molar-refractivity contribution in [3.05, 3.63) is 0 Å². The zero-order valence-electron chi connectivity index (χ0n) is 12.6. The van der Waals surface area contributed by atoms with Crippen LogP contribution in [0.5, 0.6) is 0 Å². The zero-order chi connectivity index (χ0) is 13.8. The maximum Gasteiger partial charge on any atom is 0.251 e. The van der Waals surface area contributed by atoms with Crippen LogP contribution in [0.3, 0.4) is 0 Å². The minimum absolute atomic E-state index is 0.0110. The van der Waals surface area contributed by atoms with E-state index in [-0.39, 0.29) is 22.8 Å². The summed E-state index contributed by atoms with van der Waals surface area (Å²) in [4.78, 5) is 12.3. The van der Waals surface area contributed by atoms with Gasteiger partial charge >= 0.3 is 0 Å². The van der Waals surface area contributed by atoms with Crippen molar-refractivity contribution in [3.8, 4) is 0 Å². The molecule has 2 fully saturated rings. The molecule has 1 amide bonds. The minimum atomic E-state index is -0.742. The van der Waals surface area contributed by atoms with E-state index in [1.165, 1.54) is 19.3 Å². The smallest absolute Gasteiger partial charge is 0.251 e. The lowest BCUT2D eigenvalue weighted by Crippen LogP contribution is -2.57. The second-order valence-corrected chi connectivity index (χ2v) is 7.54. The molecule has 2 aliphatic carbocycles. The lowest BCUT2D eigenvalue weighted by atomic mass is 9.68. The highest BCUT2D eigenvalue weighted by atomic mass is 16.5. The average molecular weight is 253 g/mol. The molecule has 2 aliphatic rings. The van der Waals surface area contributed by atoms with Gasteiger partial charge < -0.3 is 10.1 Å². The summed E-state index contributed by atoms with van der Waals surface area (Å²) in [6, 6.07) is 0.269. The lowest BCUT2D eigenvalue weighted by molar-refractivity contribution is -0.142. The zero-order valence-corrected chi connectivity index (χ0v) is 12.6. The van der Waals surface area contributed by atoms with E-state index in [1.54, 1.807) is 7.11 Å². The normalized spacial score (nSPS) is 37.9. The first-order valence-electron chi connectivity index (χ1n) is 6.99. The molecule has 1 N–H and O–H groups in total. The molecule has 0 aromatic rings. The first kappa shape index (κ1) is 13.9. The Morgan fingerprint density at radius 1 is 1.33 bits per heavy atom. The summed E-state index contributed by atoms with van der Waals surface area (Å²) in [5, 5.41) is 3.27. The van der Waals surface area contributed by atoms with Gasteiger partial charge in [-0.15, -0.1) is 0 Å². The maximum atomic E-state index is 12.3. The van der Waals surface area contributed by atoms with Gasteiger partial charge in [0.1, 0.15) is 5.60 Å². The molecule has 0 spiro atoms. The first-order chi connectivity index (χ1) is 8.13. The van der Waals surface area contributed by atoms with Crippen LogP contribution in [0, 0.1) is 16.7 Å². The number of fused-ring (bicyclic) bond motifs is 2. The molecule has 3 atom stereocenters. The van der Waals surface area contributed by atoms with E-state index in [0.717, 1.165) is 5.92 Å². The van der Waals surface area contributed by atoms with Gasteiger partial charge in [-0.3, -0.25) is 4.79 Å². The molecular formula is C15H27NO2. The molecule has 0 aromatic carbocycles. The van der Waals surface area contributed by atoms with Crippen molar-refractivity contribution < 1.29 is 9.53 Å². The molecule has 0 heterocycles. The average Bonchev–Trinajstić information content (AvgIpc) is 2.75. The Labute approximate surface area is 111 Å². The fourth-order valence-corrected chi connectivity index (χ4v) is 4.06. The van der Waals surface area contributed by atoms with Gasteiger partial charge in [-0.05, 0) is 49.9 Å². The highest BCUT2D eigenvalue weighted by molar-refractivity contribution is 5.84. The van der Waals surface area contributed by atoms with Crippen molar-refractivity contribution in [2.45, 2.75) is 65.5 Å². The van der Waals surface area contributed by atoms with Crippen LogP contribution in [0.1, 0.15) is 53.9 Å². The van der Waals surface area contributed by atoms with Crippen molar-refractivity contribution in [2.24, 2.45) is 16.7 Å². The van der Waals surface area contributed by atoms with Gasteiger partial charge in [0.15, 0.2) is 0 Å². The van der Waals surface area contributed by atoms with E-state index in [2.05, 4.69) is 26.1 Å². The molecule has 0 aliphatic heterocycles. The van der Waals surface area contributed by atoms with E-state index in [0.29, 0.717) is 0 Å². The molecule has 2 saturated carbocycles. The second kappa shape index (κ2) is 3.96. The van der Waals surface area contributed by atoms with Gasteiger partial charge in [-0.1, -0.05) is 20.8 Å². The topological polar surface area (TPSA) is 38.3 Å². The number of carbonyl (C=O) groups is 1. The highest BCUT2D eigenvalue weighted by Gasteiger charge is 2.60. The number of ether oxygens (including phenoxy) is 1. The van der Waals surface area contributed by atoms with E-state index in [4.69, 9.17) is 4.74 Å². The molecule has 104 valence electrons. The van der Waals surface area contributed by atoms with Crippen molar-refractivity contribution in [2.75, 3.05) is 7.11 Å². The van der Waals surface area contributed by atoms with Crippen LogP contribution < -0.4 is 5.32 Å². The van der Waals surface area contributed by atoms with Crippen molar-refractivity contribution in [3.63, 3.8) is 0 Å². The summed E-state index contributed by atoms with van der Waals surface area (Å²) in [5.41, 5.74) is -0.269. The van der Waals surface area contributed by atoms with Crippen LogP contribution in [-0.4, -0.2) is 24.7 Å². The van der Waals surface area contributed by atoms with Crippen LogP contribution in [0.25, 0.3) is 0 Å². The third-order valence-electron chi connectivity index (χ3n) is 5.60. The predicted molar refractivity (Wildman–Crippen MR) is 72.2 cm³/mol. The van der Waals surface area contributed by atoms with Gasteiger partial charge in [0.05, 0.1) is 0 Å². The molecule has 2 bridgehead atoms. The number of hydrogen-bond donors (Lipinski definition) is 1. The van der Waals surface area contributed by atoms with Crippen LogP contribution in [0.15, 0.2) is 0 Å². The monoisotopic (exact) mass is 253 g/mol. The Morgan fingerprint density at radius 2 is 1.94 bits per heavy atom. The Bertz CT molecular complexity index is 357. The molecule has 3 unspecified atom stereocenters. The van der Waals surface area contributed by atoms with Crippen LogP contribution in [0.2, 0.25) is 0 Å². The summed E-state index contributed by atoms with van der Waals surface area (Å²) in [5.74, 6) is 0.760. The molecule has 0 saturated heterocycles. The van der Waals surface area contributed by atoms with Crippen LogP contribution in [0.4, 0.5) is 0 Å². The lowest BCUT2D eigenvalue weighted by Gasteiger charge is -2.44. The Morgan fingerprint density at radius 3 is 2.39 bits per heavy atom. The van der Waals surface area contributed by atoms with E-state index in [1.807, 2.05) is 13.8 Å². The number of hydrogen-bond acceptors (Lipinski definition) is 2. The van der Waals surface area contributed by atoms with Gasteiger partial charge in [-0.25, -0.2) is 0 Å². The Hall–Kier alpha value is -0.570. The molecule has 18 heavy (non-hydrogen) atoms. The molecule has 3 heteroatoms. The van der Waals surface area contributed by atoms with Gasteiger partial charge in [0.2, 0.25) is 0 Å².